The molecule has 3 nitrogen and oxygen atoms in total. The summed E-state index contributed by atoms with van der Waals surface area (Å²) in [7, 11) is 0. The Bertz CT molecular complexity index is 195. The van der Waals surface area contributed by atoms with E-state index >= 15 is 0 Å². The molecular weight excluding hydrogens is 248 g/mol. The number of rotatable bonds is 12. The Hall–Kier alpha value is -0.120. The lowest BCUT2D eigenvalue weighted by molar-refractivity contribution is 0.0231. The highest BCUT2D eigenvalue weighted by Crippen LogP contribution is 2.14. The molecule has 0 aliphatic carbocycles. The molecule has 1 rings (SSSR count). The minimum Gasteiger partial charge on any atom is -0.377 e. The lowest BCUT2D eigenvalue weighted by atomic mass is 10.0. The van der Waals surface area contributed by atoms with Gasteiger partial charge < -0.3 is 10.1 Å². The summed E-state index contributed by atoms with van der Waals surface area (Å²) in [6.45, 7) is 11.2. The zero-order valence-electron chi connectivity index (χ0n) is 13.8. The van der Waals surface area contributed by atoms with Gasteiger partial charge in [0, 0.05) is 32.7 Å². The van der Waals surface area contributed by atoms with E-state index in [0.29, 0.717) is 6.10 Å². The number of ether oxygens (including phenoxy) is 1. The van der Waals surface area contributed by atoms with Crippen molar-refractivity contribution in [2.45, 2.75) is 71.3 Å². The van der Waals surface area contributed by atoms with Gasteiger partial charge in [-0.2, -0.15) is 0 Å². The van der Waals surface area contributed by atoms with Gasteiger partial charge in [0.2, 0.25) is 0 Å². The minimum absolute atomic E-state index is 0.510. The fourth-order valence-electron chi connectivity index (χ4n) is 2.84. The summed E-state index contributed by atoms with van der Waals surface area (Å²) >= 11 is 0. The zero-order valence-corrected chi connectivity index (χ0v) is 13.8. The second-order valence-electron chi connectivity index (χ2n) is 6.08. The Morgan fingerprint density at radius 1 is 0.950 bits per heavy atom. The minimum atomic E-state index is 0.510. The number of hydrogen-bond acceptors (Lipinski definition) is 3. The van der Waals surface area contributed by atoms with Crippen LogP contribution in [0.3, 0.4) is 0 Å². The van der Waals surface area contributed by atoms with Crippen molar-refractivity contribution in [1.82, 2.24) is 10.2 Å². The summed E-state index contributed by atoms with van der Waals surface area (Å²) in [6, 6.07) is 0. The predicted octanol–water partition coefficient (Wildman–Crippen LogP) is 3.44. The van der Waals surface area contributed by atoms with Crippen LogP contribution in [0.5, 0.6) is 0 Å². The Morgan fingerprint density at radius 2 is 1.55 bits per heavy atom. The Balaban J connectivity index is 2.12. The summed E-state index contributed by atoms with van der Waals surface area (Å²) < 4.78 is 6.18. The summed E-state index contributed by atoms with van der Waals surface area (Å²) in [5, 5.41) is 3.40. The molecule has 3 heteroatoms. The molecule has 0 bridgehead atoms. The van der Waals surface area contributed by atoms with Gasteiger partial charge >= 0.3 is 0 Å². The van der Waals surface area contributed by atoms with E-state index in [0.717, 1.165) is 26.2 Å². The largest absolute Gasteiger partial charge is 0.377 e. The van der Waals surface area contributed by atoms with Crippen molar-refractivity contribution in [3.8, 4) is 0 Å². The first-order valence-electron chi connectivity index (χ1n) is 8.91. The molecule has 0 saturated carbocycles. The van der Waals surface area contributed by atoms with Crippen LogP contribution in [0.2, 0.25) is 0 Å². The molecule has 0 unspecified atom stereocenters. The van der Waals surface area contributed by atoms with Gasteiger partial charge in [-0.15, -0.1) is 0 Å². The molecule has 0 amide bonds. The standard InChI is InChI=1S/C17H36N2O/c1-3-5-7-9-17(10-8-6-4-2)20-16-15-19-13-11-18-12-14-19/h17-18H,3-16H2,1-2H3. The molecule has 0 aromatic rings. The Labute approximate surface area is 126 Å². The van der Waals surface area contributed by atoms with E-state index in [2.05, 4.69) is 24.1 Å². The SMILES string of the molecule is CCCCCC(CCCCC)OCCN1CCNCC1. The smallest absolute Gasteiger partial charge is 0.0597 e. The van der Waals surface area contributed by atoms with Gasteiger partial charge in [-0.3, -0.25) is 4.90 Å². The van der Waals surface area contributed by atoms with Gasteiger partial charge in [-0.25, -0.2) is 0 Å². The number of hydrogen-bond donors (Lipinski definition) is 1. The molecule has 1 saturated heterocycles. The van der Waals surface area contributed by atoms with Crippen LogP contribution >= 0.6 is 0 Å². The lowest BCUT2D eigenvalue weighted by Crippen LogP contribution is -2.44. The third-order valence-electron chi connectivity index (χ3n) is 4.23. The molecular formula is C17H36N2O. The van der Waals surface area contributed by atoms with E-state index < -0.39 is 0 Å². The van der Waals surface area contributed by atoms with Crippen molar-refractivity contribution in [2.75, 3.05) is 39.3 Å². The van der Waals surface area contributed by atoms with Crippen molar-refractivity contribution in [3.63, 3.8) is 0 Å². The second kappa shape index (κ2) is 12.6. The topological polar surface area (TPSA) is 24.5 Å². The molecule has 1 heterocycles. The van der Waals surface area contributed by atoms with E-state index in [1.807, 2.05) is 0 Å². The highest BCUT2D eigenvalue weighted by molar-refractivity contribution is 4.67. The van der Waals surface area contributed by atoms with E-state index in [1.54, 1.807) is 0 Å². The maximum absolute atomic E-state index is 6.18. The fourth-order valence-corrected chi connectivity index (χ4v) is 2.84. The van der Waals surface area contributed by atoms with Crippen molar-refractivity contribution in [1.29, 1.82) is 0 Å². The number of piperazine rings is 1. The second-order valence-corrected chi connectivity index (χ2v) is 6.08. The van der Waals surface area contributed by atoms with Gasteiger partial charge in [-0.1, -0.05) is 52.4 Å². The first-order chi connectivity index (χ1) is 9.86. The molecule has 0 aromatic heterocycles. The van der Waals surface area contributed by atoms with Gasteiger partial charge in [0.25, 0.3) is 0 Å². The molecule has 0 radical (unpaired) electrons. The third-order valence-corrected chi connectivity index (χ3v) is 4.23. The normalized spacial score (nSPS) is 16.9. The predicted molar refractivity (Wildman–Crippen MR) is 87.3 cm³/mol. The van der Waals surface area contributed by atoms with Gasteiger partial charge in [0.15, 0.2) is 0 Å². The molecule has 120 valence electrons. The first kappa shape index (κ1) is 17.9. The number of nitrogens with zero attached hydrogens (tertiary/aromatic N) is 1. The van der Waals surface area contributed by atoms with Crippen LogP contribution in [-0.2, 0) is 4.74 Å². The van der Waals surface area contributed by atoms with E-state index in [-0.39, 0.29) is 0 Å². The molecule has 1 aliphatic rings. The van der Waals surface area contributed by atoms with Gasteiger partial charge in [0.1, 0.15) is 0 Å². The lowest BCUT2D eigenvalue weighted by Gasteiger charge is -2.28. The molecule has 0 spiro atoms. The Kier molecular flexibility index (Phi) is 11.3. The van der Waals surface area contributed by atoms with Crippen LogP contribution in [0, 0.1) is 0 Å². The van der Waals surface area contributed by atoms with Gasteiger partial charge in [-0.05, 0) is 12.8 Å². The van der Waals surface area contributed by atoms with Crippen LogP contribution in [-0.4, -0.2) is 50.3 Å². The number of nitrogens with one attached hydrogen (secondary N) is 1. The monoisotopic (exact) mass is 284 g/mol. The van der Waals surface area contributed by atoms with E-state index in [4.69, 9.17) is 4.74 Å². The van der Waals surface area contributed by atoms with Crippen molar-refractivity contribution in [3.05, 3.63) is 0 Å². The summed E-state index contributed by atoms with van der Waals surface area (Å²) in [5.74, 6) is 0. The zero-order chi connectivity index (χ0) is 14.5. The molecule has 0 aromatic carbocycles. The third kappa shape index (κ3) is 8.93. The highest BCUT2D eigenvalue weighted by Gasteiger charge is 2.12. The average Bonchev–Trinajstić information content (AvgIpc) is 2.48. The summed E-state index contributed by atoms with van der Waals surface area (Å²) in [6.07, 6.45) is 11.0. The Morgan fingerprint density at radius 3 is 2.10 bits per heavy atom. The fraction of sp³-hybridized carbons (Fsp3) is 1.00. The van der Waals surface area contributed by atoms with E-state index in [1.165, 1.54) is 64.5 Å². The van der Waals surface area contributed by atoms with Crippen LogP contribution in [0.15, 0.2) is 0 Å². The summed E-state index contributed by atoms with van der Waals surface area (Å²) in [4.78, 5) is 2.52. The molecule has 0 atom stereocenters. The molecule has 1 N–H and O–H groups in total. The van der Waals surface area contributed by atoms with Crippen LogP contribution in [0.25, 0.3) is 0 Å². The molecule has 1 aliphatic heterocycles. The maximum Gasteiger partial charge on any atom is 0.0597 e. The maximum atomic E-state index is 6.18. The molecule has 1 fully saturated rings. The van der Waals surface area contributed by atoms with Gasteiger partial charge in [0.05, 0.1) is 12.7 Å². The van der Waals surface area contributed by atoms with Crippen molar-refractivity contribution in [2.24, 2.45) is 0 Å². The summed E-state index contributed by atoms with van der Waals surface area (Å²) in [5.41, 5.74) is 0. The van der Waals surface area contributed by atoms with Crippen molar-refractivity contribution < 1.29 is 4.74 Å². The van der Waals surface area contributed by atoms with Crippen LogP contribution in [0.1, 0.15) is 65.2 Å². The van der Waals surface area contributed by atoms with E-state index in [9.17, 15) is 0 Å². The van der Waals surface area contributed by atoms with Crippen LogP contribution < -0.4 is 5.32 Å². The highest BCUT2D eigenvalue weighted by atomic mass is 16.5. The quantitative estimate of drug-likeness (QED) is 0.556. The first-order valence-corrected chi connectivity index (χ1v) is 8.91. The van der Waals surface area contributed by atoms with Crippen molar-refractivity contribution >= 4 is 0 Å². The molecule has 20 heavy (non-hydrogen) atoms. The van der Waals surface area contributed by atoms with Crippen LogP contribution in [0.4, 0.5) is 0 Å². The average molecular weight is 284 g/mol. The number of unbranched alkanes of at least 4 members (excludes halogenated alkanes) is 4.